The van der Waals surface area contributed by atoms with Gasteiger partial charge in [-0.2, -0.15) is 10.1 Å². The molecule has 0 atom stereocenters. The summed E-state index contributed by atoms with van der Waals surface area (Å²) >= 11 is 12.1. The molecule has 0 aliphatic heterocycles. The van der Waals surface area contributed by atoms with Crippen molar-refractivity contribution in [3.8, 4) is 0 Å². The van der Waals surface area contributed by atoms with Gasteiger partial charge < -0.3 is 10.6 Å². The van der Waals surface area contributed by atoms with E-state index in [0.29, 0.717) is 33.4 Å². The highest BCUT2D eigenvalue weighted by atomic mass is 35.5. The minimum Gasteiger partial charge on any atom is -0.353 e. The van der Waals surface area contributed by atoms with Crippen molar-refractivity contribution in [2.45, 2.75) is 20.3 Å². The van der Waals surface area contributed by atoms with Crippen LogP contribution in [-0.2, 0) is 0 Å². The summed E-state index contributed by atoms with van der Waals surface area (Å²) in [6.45, 7) is 5.14. The highest BCUT2D eigenvalue weighted by molar-refractivity contribution is 6.43. The molecule has 0 aliphatic carbocycles. The number of nitrogens with zero attached hydrogens (tertiary/aromatic N) is 3. The Kier molecular flexibility index (Phi) is 5.59. The quantitative estimate of drug-likeness (QED) is 0.825. The molecule has 0 aliphatic rings. The molecule has 1 aromatic carbocycles. The topological polar surface area (TPSA) is 62.7 Å². The van der Waals surface area contributed by atoms with E-state index in [1.165, 1.54) is 6.20 Å². The molecule has 2 rings (SSSR count). The van der Waals surface area contributed by atoms with E-state index >= 15 is 0 Å². The number of aromatic nitrogens is 3. The molecule has 0 unspecified atom stereocenters. The van der Waals surface area contributed by atoms with Crippen LogP contribution >= 0.6 is 23.2 Å². The van der Waals surface area contributed by atoms with E-state index in [9.17, 15) is 0 Å². The summed E-state index contributed by atoms with van der Waals surface area (Å²) in [6.07, 6.45) is 2.58. The number of anilines is 3. The van der Waals surface area contributed by atoms with Crippen LogP contribution in [0.4, 0.5) is 17.5 Å². The van der Waals surface area contributed by atoms with E-state index in [1.807, 2.05) is 12.1 Å². The summed E-state index contributed by atoms with van der Waals surface area (Å²) < 4.78 is 0. The van der Waals surface area contributed by atoms with E-state index in [0.717, 1.165) is 13.0 Å². The summed E-state index contributed by atoms with van der Waals surface area (Å²) in [6, 6.07) is 5.36. The van der Waals surface area contributed by atoms with Crippen molar-refractivity contribution >= 4 is 40.7 Å². The van der Waals surface area contributed by atoms with Crippen LogP contribution in [-0.4, -0.2) is 21.7 Å². The third-order valence-corrected chi connectivity index (χ3v) is 3.60. The second-order valence-corrected chi connectivity index (χ2v) is 5.79. The van der Waals surface area contributed by atoms with Gasteiger partial charge in [-0.05, 0) is 24.5 Å². The van der Waals surface area contributed by atoms with Gasteiger partial charge in [-0.15, -0.1) is 5.10 Å². The average Bonchev–Trinajstić information content (AvgIpc) is 2.44. The minimum atomic E-state index is 0.451. The molecule has 2 aromatic rings. The van der Waals surface area contributed by atoms with Gasteiger partial charge in [0.05, 0.1) is 21.9 Å². The van der Waals surface area contributed by atoms with Gasteiger partial charge in [-0.25, -0.2) is 0 Å². The second-order valence-electron chi connectivity index (χ2n) is 5.00. The van der Waals surface area contributed by atoms with Gasteiger partial charge in [0, 0.05) is 6.54 Å². The largest absolute Gasteiger partial charge is 0.353 e. The standard InChI is InChI=1S/C14H17Cl2N5/c1-9(2)6-7-17-14-20-12(8-18-21-14)19-11-5-3-4-10(15)13(11)16/h3-5,8-9H,6-7H2,1-2H3,(H2,17,19,20,21). The van der Waals surface area contributed by atoms with E-state index in [4.69, 9.17) is 23.2 Å². The van der Waals surface area contributed by atoms with Gasteiger partial charge in [0.15, 0.2) is 5.82 Å². The molecule has 0 spiro atoms. The van der Waals surface area contributed by atoms with Gasteiger partial charge in [-0.3, -0.25) is 0 Å². The fourth-order valence-electron chi connectivity index (χ4n) is 1.65. The lowest BCUT2D eigenvalue weighted by Crippen LogP contribution is -2.09. The third-order valence-electron chi connectivity index (χ3n) is 2.78. The molecule has 7 heteroatoms. The van der Waals surface area contributed by atoms with Crippen LogP contribution in [0.5, 0.6) is 0 Å². The maximum absolute atomic E-state index is 6.13. The van der Waals surface area contributed by atoms with Crippen molar-refractivity contribution < 1.29 is 0 Å². The van der Waals surface area contributed by atoms with Crippen molar-refractivity contribution in [2.24, 2.45) is 5.92 Å². The second kappa shape index (κ2) is 7.43. The maximum atomic E-state index is 6.13. The Morgan fingerprint density at radius 2 is 2.05 bits per heavy atom. The summed E-state index contributed by atoms with van der Waals surface area (Å²) in [7, 11) is 0. The molecule has 0 amide bonds. The zero-order valence-electron chi connectivity index (χ0n) is 11.9. The van der Waals surface area contributed by atoms with E-state index in [-0.39, 0.29) is 0 Å². The predicted molar refractivity (Wildman–Crippen MR) is 87.5 cm³/mol. The summed E-state index contributed by atoms with van der Waals surface area (Å²) in [5.74, 6) is 1.66. The van der Waals surface area contributed by atoms with Crippen LogP contribution < -0.4 is 10.6 Å². The molecule has 1 heterocycles. The highest BCUT2D eigenvalue weighted by Crippen LogP contribution is 2.31. The van der Waals surface area contributed by atoms with Crippen LogP contribution in [0.2, 0.25) is 10.0 Å². The van der Waals surface area contributed by atoms with Crippen molar-refractivity contribution in [3.05, 3.63) is 34.4 Å². The summed E-state index contributed by atoms with van der Waals surface area (Å²) in [4.78, 5) is 4.34. The number of rotatable bonds is 6. The summed E-state index contributed by atoms with van der Waals surface area (Å²) in [5, 5.41) is 15.0. The SMILES string of the molecule is CC(C)CCNc1nncc(Nc2cccc(Cl)c2Cl)n1. The van der Waals surface area contributed by atoms with Gasteiger partial charge >= 0.3 is 0 Å². The van der Waals surface area contributed by atoms with Gasteiger partial charge in [0.2, 0.25) is 5.95 Å². The molecular weight excluding hydrogens is 309 g/mol. The molecular formula is C14H17Cl2N5. The van der Waals surface area contributed by atoms with Crippen LogP contribution in [0.1, 0.15) is 20.3 Å². The molecule has 0 bridgehead atoms. The monoisotopic (exact) mass is 325 g/mol. The first kappa shape index (κ1) is 15.8. The number of halogens is 2. The predicted octanol–water partition coefficient (Wildman–Crippen LogP) is 4.38. The lowest BCUT2D eigenvalue weighted by molar-refractivity contribution is 0.605. The molecule has 21 heavy (non-hydrogen) atoms. The third kappa shape index (κ3) is 4.72. The normalized spacial score (nSPS) is 10.7. The molecule has 5 nitrogen and oxygen atoms in total. The van der Waals surface area contributed by atoms with Crippen LogP contribution in [0.25, 0.3) is 0 Å². The molecule has 0 fully saturated rings. The van der Waals surface area contributed by atoms with E-state index in [2.05, 4.69) is 39.7 Å². The first-order valence-corrected chi connectivity index (χ1v) is 7.46. The zero-order valence-corrected chi connectivity index (χ0v) is 13.4. The van der Waals surface area contributed by atoms with Gasteiger partial charge in [0.25, 0.3) is 0 Å². The van der Waals surface area contributed by atoms with Crippen molar-refractivity contribution in [3.63, 3.8) is 0 Å². The average molecular weight is 326 g/mol. The smallest absolute Gasteiger partial charge is 0.244 e. The van der Waals surface area contributed by atoms with Crippen LogP contribution in [0.3, 0.4) is 0 Å². The minimum absolute atomic E-state index is 0.451. The fourth-order valence-corrected chi connectivity index (χ4v) is 2.00. The molecule has 1 aromatic heterocycles. The fraction of sp³-hybridized carbons (Fsp3) is 0.357. The first-order chi connectivity index (χ1) is 10.1. The molecule has 0 saturated heterocycles. The molecule has 0 saturated carbocycles. The Bertz CT molecular complexity index is 604. The molecule has 0 radical (unpaired) electrons. The zero-order chi connectivity index (χ0) is 15.2. The van der Waals surface area contributed by atoms with Crippen molar-refractivity contribution in [1.29, 1.82) is 0 Å². The van der Waals surface area contributed by atoms with Crippen molar-refractivity contribution in [1.82, 2.24) is 15.2 Å². The van der Waals surface area contributed by atoms with Gasteiger partial charge in [-0.1, -0.05) is 43.1 Å². The summed E-state index contributed by atoms with van der Waals surface area (Å²) in [5.41, 5.74) is 0.679. The van der Waals surface area contributed by atoms with E-state index in [1.54, 1.807) is 6.07 Å². The Labute approximate surface area is 134 Å². The Morgan fingerprint density at radius 3 is 2.81 bits per heavy atom. The van der Waals surface area contributed by atoms with E-state index < -0.39 is 0 Å². The first-order valence-electron chi connectivity index (χ1n) is 6.71. The van der Waals surface area contributed by atoms with Crippen LogP contribution in [0, 0.1) is 5.92 Å². The van der Waals surface area contributed by atoms with Crippen LogP contribution in [0.15, 0.2) is 24.4 Å². The Balaban J connectivity index is 2.05. The number of benzene rings is 1. The Morgan fingerprint density at radius 1 is 1.24 bits per heavy atom. The van der Waals surface area contributed by atoms with Gasteiger partial charge in [0.1, 0.15) is 0 Å². The number of hydrogen-bond acceptors (Lipinski definition) is 5. The molecule has 2 N–H and O–H groups in total. The lowest BCUT2D eigenvalue weighted by atomic mass is 10.1. The molecule has 112 valence electrons. The number of hydrogen-bond donors (Lipinski definition) is 2. The lowest BCUT2D eigenvalue weighted by Gasteiger charge is -2.10. The number of nitrogens with one attached hydrogen (secondary N) is 2. The maximum Gasteiger partial charge on any atom is 0.244 e. The highest BCUT2D eigenvalue weighted by Gasteiger charge is 2.06. The van der Waals surface area contributed by atoms with Crippen molar-refractivity contribution in [2.75, 3.05) is 17.2 Å². The Hall–Kier alpha value is -1.59.